The van der Waals surface area contributed by atoms with Crippen LogP contribution in [0.25, 0.3) is 0 Å². The number of anilines is 1. The summed E-state index contributed by atoms with van der Waals surface area (Å²) < 4.78 is 15.4. The number of amides is 1. The number of carbonyl (C=O) groups excluding carboxylic acids is 2. The summed E-state index contributed by atoms with van der Waals surface area (Å²) >= 11 is 0. The van der Waals surface area contributed by atoms with Crippen molar-refractivity contribution in [3.8, 4) is 11.5 Å². The SMILES string of the molecule is COc1cc(NC(=O)COC(=O)c2cc(C)cc(C)c2)cc(OC)c1. The Morgan fingerprint density at radius 2 is 1.44 bits per heavy atom. The summed E-state index contributed by atoms with van der Waals surface area (Å²) in [6, 6.07) is 10.4. The third-order valence-electron chi connectivity index (χ3n) is 3.43. The molecule has 6 heteroatoms. The van der Waals surface area contributed by atoms with Crippen molar-refractivity contribution in [3.63, 3.8) is 0 Å². The highest BCUT2D eigenvalue weighted by Crippen LogP contribution is 2.25. The molecule has 2 rings (SSSR count). The maximum atomic E-state index is 12.1. The average Bonchev–Trinajstić information content (AvgIpc) is 2.58. The van der Waals surface area contributed by atoms with Crippen molar-refractivity contribution in [2.24, 2.45) is 0 Å². The third-order valence-corrected chi connectivity index (χ3v) is 3.43. The molecule has 0 aromatic heterocycles. The van der Waals surface area contributed by atoms with E-state index in [9.17, 15) is 9.59 Å². The Hall–Kier alpha value is -3.02. The number of methoxy groups -OCH3 is 2. The average molecular weight is 343 g/mol. The molecule has 1 N–H and O–H groups in total. The van der Waals surface area contributed by atoms with Gasteiger partial charge in [0.15, 0.2) is 6.61 Å². The largest absolute Gasteiger partial charge is 0.497 e. The summed E-state index contributed by atoms with van der Waals surface area (Å²) in [5.74, 6) is 0.0990. The van der Waals surface area contributed by atoms with E-state index < -0.39 is 11.9 Å². The second-order valence-electron chi connectivity index (χ2n) is 5.60. The number of aryl methyl sites for hydroxylation is 2. The number of esters is 1. The van der Waals surface area contributed by atoms with Gasteiger partial charge in [-0.1, -0.05) is 17.2 Å². The van der Waals surface area contributed by atoms with E-state index in [-0.39, 0.29) is 6.61 Å². The van der Waals surface area contributed by atoms with E-state index in [1.54, 1.807) is 30.3 Å². The van der Waals surface area contributed by atoms with Crippen LogP contribution in [0.5, 0.6) is 11.5 Å². The maximum absolute atomic E-state index is 12.1. The van der Waals surface area contributed by atoms with E-state index in [0.29, 0.717) is 22.7 Å². The van der Waals surface area contributed by atoms with Crippen LogP contribution >= 0.6 is 0 Å². The van der Waals surface area contributed by atoms with Crippen molar-refractivity contribution in [1.29, 1.82) is 0 Å². The highest BCUT2D eigenvalue weighted by Gasteiger charge is 2.12. The van der Waals surface area contributed by atoms with Crippen LogP contribution in [0.1, 0.15) is 21.5 Å². The first kappa shape index (κ1) is 18.3. The summed E-state index contributed by atoms with van der Waals surface area (Å²) in [4.78, 5) is 24.1. The molecule has 25 heavy (non-hydrogen) atoms. The van der Waals surface area contributed by atoms with Crippen LogP contribution in [0.3, 0.4) is 0 Å². The Morgan fingerprint density at radius 1 is 0.880 bits per heavy atom. The van der Waals surface area contributed by atoms with Crippen LogP contribution in [0.15, 0.2) is 36.4 Å². The summed E-state index contributed by atoms with van der Waals surface area (Å²) in [7, 11) is 3.04. The molecule has 0 bridgehead atoms. The van der Waals surface area contributed by atoms with Crippen molar-refractivity contribution in [2.75, 3.05) is 26.1 Å². The van der Waals surface area contributed by atoms with Gasteiger partial charge in [0.2, 0.25) is 0 Å². The van der Waals surface area contributed by atoms with Crippen LogP contribution in [-0.4, -0.2) is 32.7 Å². The standard InChI is InChI=1S/C19H21NO5/c1-12-5-13(2)7-14(6-12)19(22)25-11-18(21)20-15-8-16(23-3)10-17(9-15)24-4/h5-10H,11H2,1-4H3,(H,20,21). The van der Waals surface area contributed by atoms with Gasteiger partial charge >= 0.3 is 5.97 Å². The molecule has 0 heterocycles. The van der Waals surface area contributed by atoms with Gasteiger partial charge in [0, 0.05) is 23.9 Å². The number of carbonyl (C=O) groups is 2. The van der Waals surface area contributed by atoms with Crippen molar-refractivity contribution < 1.29 is 23.8 Å². The number of nitrogens with one attached hydrogen (secondary N) is 1. The lowest BCUT2D eigenvalue weighted by molar-refractivity contribution is -0.119. The van der Waals surface area contributed by atoms with E-state index in [2.05, 4.69) is 5.32 Å². The van der Waals surface area contributed by atoms with Gasteiger partial charge in [-0.2, -0.15) is 0 Å². The molecule has 132 valence electrons. The van der Waals surface area contributed by atoms with Gasteiger partial charge in [-0.15, -0.1) is 0 Å². The lowest BCUT2D eigenvalue weighted by Crippen LogP contribution is -2.21. The van der Waals surface area contributed by atoms with Crippen molar-refractivity contribution >= 4 is 17.6 Å². The van der Waals surface area contributed by atoms with Crippen LogP contribution in [0.2, 0.25) is 0 Å². The Kier molecular flexibility index (Phi) is 6.00. The van der Waals surface area contributed by atoms with E-state index in [0.717, 1.165) is 11.1 Å². The Morgan fingerprint density at radius 3 is 1.96 bits per heavy atom. The van der Waals surface area contributed by atoms with Crippen molar-refractivity contribution in [3.05, 3.63) is 53.1 Å². The normalized spacial score (nSPS) is 10.1. The van der Waals surface area contributed by atoms with Gasteiger partial charge in [-0.25, -0.2) is 4.79 Å². The summed E-state index contributed by atoms with van der Waals surface area (Å²) in [5, 5.41) is 2.64. The van der Waals surface area contributed by atoms with Crippen molar-refractivity contribution in [1.82, 2.24) is 0 Å². The molecule has 0 radical (unpaired) electrons. The second-order valence-corrected chi connectivity index (χ2v) is 5.60. The molecule has 0 atom stereocenters. The number of benzene rings is 2. The quantitative estimate of drug-likeness (QED) is 0.816. The highest BCUT2D eigenvalue weighted by atomic mass is 16.5. The second kappa shape index (κ2) is 8.19. The Labute approximate surface area is 146 Å². The van der Waals surface area contributed by atoms with E-state index in [4.69, 9.17) is 14.2 Å². The van der Waals surface area contributed by atoms with Crippen LogP contribution in [0, 0.1) is 13.8 Å². The summed E-state index contributed by atoms with van der Waals surface area (Å²) in [6.07, 6.45) is 0. The lowest BCUT2D eigenvalue weighted by Gasteiger charge is -2.10. The van der Waals surface area contributed by atoms with E-state index in [1.165, 1.54) is 14.2 Å². The van der Waals surface area contributed by atoms with Gasteiger partial charge < -0.3 is 19.5 Å². The van der Waals surface area contributed by atoms with E-state index in [1.807, 2.05) is 19.9 Å². The fourth-order valence-electron chi connectivity index (χ4n) is 2.38. The molecule has 0 aliphatic carbocycles. The minimum atomic E-state index is -0.537. The molecular formula is C19H21NO5. The first-order chi connectivity index (χ1) is 11.9. The van der Waals surface area contributed by atoms with Gasteiger partial charge in [-0.3, -0.25) is 4.79 Å². The molecule has 0 saturated carbocycles. The minimum absolute atomic E-state index is 0.384. The monoisotopic (exact) mass is 343 g/mol. The van der Waals surface area contributed by atoms with E-state index >= 15 is 0 Å². The molecule has 0 spiro atoms. The first-order valence-electron chi connectivity index (χ1n) is 7.69. The summed E-state index contributed by atoms with van der Waals surface area (Å²) in [5.41, 5.74) is 2.83. The predicted octanol–water partition coefficient (Wildman–Crippen LogP) is 3.12. The zero-order chi connectivity index (χ0) is 18.4. The topological polar surface area (TPSA) is 73.9 Å². The van der Waals surface area contributed by atoms with Gasteiger partial charge in [0.25, 0.3) is 5.91 Å². The first-order valence-corrected chi connectivity index (χ1v) is 7.69. The fraction of sp³-hybridized carbons (Fsp3) is 0.263. The summed E-state index contributed by atoms with van der Waals surface area (Å²) in [6.45, 7) is 3.41. The molecule has 0 fully saturated rings. The maximum Gasteiger partial charge on any atom is 0.338 e. The predicted molar refractivity (Wildman–Crippen MR) is 94.4 cm³/mol. The van der Waals surface area contributed by atoms with Gasteiger partial charge in [0.05, 0.1) is 19.8 Å². The Bertz CT molecular complexity index is 743. The number of hydrogen-bond donors (Lipinski definition) is 1. The molecule has 0 unspecified atom stereocenters. The number of ether oxygens (including phenoxy) is 3. The Balaban J connectivity index is 1.97. The van der Waals surface area contributed by atoms with Gasteiger partial charge in [-0.05, 0) is 26.0 Å². The molecule has 2 aromatic carbocycles. The van der Waals surface area contributed by atoms with Crippen LogP contribution in [-0.2, 0) is 9.53 Å². The molecular weight excluding hydrogens is 322 g/mol. The molecule has 0 aliphatic rings. The zero-order valence-electron chi connectivity index (χ0n) is 14.7. The number of rotatable bonds is 6. The number of hydrogen-bond acceptors (Lipinski definition) is 5. The third kappa shape index (κ3) is 5.24. The zero-order valence-corrected chi connectivity index (χ0v) is 14.7. The minimum Gasteiger partial charge on any atom is -0.497 e. The highest BCUT2D eigenvalue weighted by molar-refractivity contribution is 5.95. The smallest absolute Gasteiger partial charge is 0.338 e. The molecule has 0 aliphatic heterocycles. The molecule has 2 aromatic rings. The fourth-order valence-corrected chi connectivity index (χ4v) is 2.38. The van der Waals surface area contributed by atoms with Crippen LogP contribution in [0.4, 0.5) is 5.69 Å². The lowest BCUT2D eigenvalue weighted by atomic mass is 10.1. The molecule has 1 amide bonds. The molecule has 6 nitrogen and oxygen atoms in total. The van der Waals surface area contributed by atoms with Crippen molar-refractivity contribution in [2.45, 2.75) is 13.8 Å². The van der Waals surface area contributed by atoms with Crippen LogP contribution < -0.4 is 14.8 Å². The van der Waals surface area contributed by atoms with Gasteiger partial charge in [0.1, 0.15) is 11.5 Å². The molecule has 0 saturated heterocycles.